The molecule has 0 aromatic carbocycles. The van der Waals surface area contributed by atoms with Crippen LogP contribution in [0.15, 0.2) is 22.8 Å². The van der Waals surface area contributed by atoms with Gasteiger partial charge in [-0.1, -0.05) is 0 Å². The summed E-state index contributed by atoms with van der Waals surface area (Å²) in [5, 5.41) is 0. The molecule has 0 radical (unpaired) electrons. The van der Waals surface area contributed by atoms with Gasteiger partial charge in [-0.3, -0.25) is 9.63 Å². The summed E-state index contributed by atoms with van der Waals surface area (Å²) in [5.41, 5.74) is 2.56. The van der Waals surface area contributed by atoms with Crippen LogP contribution in [0.3, 0.4) is 0 Å². The van der Waals surface area contributed by atoms with E-state index in [2.05, 4.69) is 26.4 Å². The maximum Gasteiger partial charge on any atom is 0.293 e. The number of ether oxygens (including phenoxy) is 1. The van der Waals surface area contributed by atoms with E-state index >= 15 is 0 Å². The average Bonchev–Trinajstić information content (AvgIpc) is 2.25. The molecule has 6 heteroatoms. The number of carbonyl (C=O) groups is 1. The number of carbonyl (C=O) groups excluding carboxylic acids is 1. The SMILES string of the molecule is COCCONC(=O)c1ccc(Br)cn1. The Morgan fingerprint density at radius 3 is 2.93 bits per heavy atom. The van der Waals surface area contributed by atoms with Gasteiger partial charge in [-0.15, -0.1) is 0 Å². The number of nitrogens with zero attached hydrogens (tertiary/aromatic N) is 1. The Morgan fingerprint density at radius 2 is 2.33 bits per heavy atom. The molecule has 5 nitrogen and oxygen atoms in total. The summed E-state index contributed by atoms with van der Waals surface area (Å²) in [6.45, 7) is 0.729. The lowest BCUT2D eigenvalue weighted by atomic mass is 10.3. The van der Waals surface area contributed by atoms with Gasteiger partial charge < -0.3 is 4.74 Å². The van der Waals surface area contributed by atoms with Crippen LogP contribution in [0, 0.1) is 0 Å². The second-order valence-corrected chi connectivity index (χ2v) is 3.55. The van der Waals surface area contributed by atoms with Gasteiger partial charge in [0, 0.05) is 17.8 Å². The minimum Gasteiger partial charge on any atom is -0.382 e. The molecule has 1 heterocycles. The van der Waals surface area contributed by atoms with E-state index in [1.165, 1.54) is 0 Å². The summed E-state index contributed by atoms with van der Waals surface area (Å²) in [7, 11) is 1.56. The molecule has 0 saturated heterocycles. The van der Waals surface area contributed by atoms with Crippen molar-refractivity contribution in [3.63, 3.8) is 0 Å². The summed E-state index contributed by atoms with van der Waals surface area (Å²) < 4.78 is 5.57. The standard InChI is InChI=1S/C9H11BrN2O3/c1-14-4-5-15-12-9(13)8-3-2-7(10)6-11-8/h2-3,6H,4-5H2,1H3,(H,12,13). The number of amides is 1. The van der Waals surface area contributed by atoms with E-state index in [1.54, 1.807) is 25.4 Å². The Kier molecular flexibility index (Phi) is 5.23. The van der Waals surface area contributed by atoms with Gasteiger partial charge in [0.2, 0.25) is 0 Å². The molecule has 0 aliphatic heterocycles. The van der Waals surface area contributed by atoms with Crippen LogP contribution in [0.1, 0.15) is 10.5 Å². The van der Waals surface area contributed by atoms with Crippen molar-refractivity contribution in [3.05, 3.63) is 28.5 Å². The highest BCUT2D eigenvalue weighted by Gasteiger charge is 2.05. The average molecular weight is 275 g/mol. The summed E-state index contributed by atoms with van der Waals surface area (Å²) in [4.78, 5) is 20.1. The summed E-state index contributed by atoms with van der Waals surface area (Å²) in [6.07, 6.45) is 1.55. The highest BCUT2D eigenvalue weighted by molar-refractivity contribution is 9.10. The Labute approximate surface area is 95.9 Å². The van der Waals surface area contributed by atoms with Crippen LogP contribution in [0.4, 0.5) is 0 Å². The Balaban J connectivity index is 2.37. The van der Waals surface area contributed by atoms with Gasteiger partial charge in [0.05, 0.1) is 13.2 Å². The van der Waals surface area contributed by atoms with Gasteiger partial charge in [0.25, 0.3) is 5.91 Å². The van der Waals surface area contributed by atoms with Crippen LogP contribution < -0.4 is 5.48 Å². The molecule has 0 aliphatic carbocycles. The van der Waals surface area contributed by atoms with E-state index in [0.717, 1.165) is 4.47 Å². The predicted molar refractivity (Wildman–Crippen MR) is 57.2 cm³/mol. The number of hydrogen-bond acceptors (Lipinski definition) is 4. The highest BCUT2D eigenvalue weighted by Crippen LogP contribution is 2.06. The number of hydroxylamine groups is 1. The van der Waals surface area contributed by atoms with E-state index in [4.69, 9.17) is 9.57 Å². The maximum absolute atomic E-state index is 11.4. The number of methoxy groups -OCH3 is 1. The van der Waals surface area contributed by atoms with Crippen LogP contribution in [-0.2, 0) is 9.57 Å². The molecule has 1 rings (SSSR count). The molecule has 1 aromatic rings. The summed E-state index contributed by atoms with van der Waals surface area (Å²) >= 11 is 3.23. The maximum atomic E-state index is 11.4. The number of pyridine rings is 1. The number of hydrogen-bond donors (Lipinski definition) is 1. The Bertz CT molecular complexity index is 316. The van der Waals surface area contributed by atoms with Gasteiger partial charge in [-0.2, -0.15) is 0 Å². The first-order valence-electron chi connectivity index (χ1n) is 4.26. The van der Waals surface area contributed by atoms with E-state index in [-0.39, 0.29) is 5.91 Å². The minimum atomic E-state index is -0.376. The lowest BCUT2D eigenvalue weighted by molar-refractivity contribution is 0.00858. The summed E-state index contributed by atoms with van der Waals surface area (Å²) in [5.74, 6) is -0.376. The fourth-order valence-corrected chi connectivity index (χ4v) is 1.04. The summed E-state index contributed by atoms with van der Waals surface area (Å²) in [6, 6.07) is 3.33. The highest BCUT2D eigenvalue weighted by atomic mass is 79.9. The van der Waals surface area contributed by atoms with Gasteiger partial charge in [0.1, 0.15) is 5.69 Å². The largest absolute Gasteiger partial charge is 0.382 e. The molecule has 1 N–H and O–H groups in total. The van der Waals surface area contributed by atoms with Gasteiger partial charge in [-0.05, 0) is 28.1 Å². The van der Waals surface area contributed by atoms with E-state index in [0.29, 0.717) is 18.9 Å². The fraction of sp³-hybridized carbons (Fsp3) is 0.333. The molecule has 1 amide bonds. The van der Waals surface area contributed by atoms with Crippen molar-refractivity contribution >= 4 is 21.8 Å². The molecule has 0 aliphatic rings. The molecule has 15 heavy (non-hydrogen) atoms. The van der Waals surface area contributed by atoms with Crippen LogP contribution >= 0.6 is 15.9 Å². The van der Waals surface area contributed by atoms with Crippen molar-refractivity contribution < 1.29 is 14.4 Å². The topological polar surface area (TPSA) is 60.5 Å². The number of nitrogens with one attached hydrogen (secondary N) is 1. The Hall–Kier alpha value is -0.980. The fourth-order valence-electron chi connectivity index (χ4n) is 0.804. The molecular formula is C9H11BrN2O3. The van der Waals surface area contributed by atoms with Crippen molar-refractivity contribution in [2.24, 2.45) is 0 Å². The predicted octanol–water partition coefficient (Wildman–Crippen LogP) is 1.15. The zero-order valence-electron chi connectivity index (χ0n) is 8.20. The van der Waals surface area contributed by atoms with Gasteiger partial charge in [0.15, 0.2) is 0 Å². The second kappa shape index (κ2) is 6.49. The first kappa shape index (κ1) is 12.1. The van der Waals surface area contributed by atoms with Gasteiger partial charge in [-0.25, -0.2) is 10.5 Å². The monoisotopic (exact) mass is 274 g/mol. The second-order valence-electron chi connectivity index (χ2n) is 2.63. The normalized spacial score (nSPS) is 10.0. The number of rotatable bonds is 5. The zero-order valence-corrected chi connectivity index (χ0v) is 9.78. The van der Waals surface area contributed by atoms with Crippen molar-refractivity contribution in [2.75, 3.05) is 20.3 Å². The van der Waals surface area contributed by atoms with E-state index < -0.39 is 0 Å². The smallest absolute Gasteiger partial charge is 0.293 e. The molecule has 1 aromatic heterocycles. The van der Waals surface area contributed by atoms with Crippen LogP contribution in [-0.4, -0.2) is 31.2 Å². The van der Waals surface area contributed by atoms with Crippen molar-refractivity contribution in [2.45, 2.75) is 0 Å². The molecule has 0 fully saturated rings. The lowest BCUT2D eigenvalue weighted by Crippen LogP contribution is -2.26. The molecule has 0 saturated carbocycles. The molecule has 0 unspecified atom stereocenters. The molecule has 0 bridgehead atoms. The molecular weight excluding hydrogens is 264 g/mol. The minimum absolute atomic E-state index is 0.301. The Morgan fingerprint density at radius 1 is 1.53 bits per heavy atom. The number of halogens is 1. The first-order chi connectivity index (χ1) is 7.24. The zero-order chi connectivity index (χ0) is 11.1. The van der Waals surface area contributed by atoms with Crippen LogP contribution in [0.25, 0.3) is 0 Å². The van der Waals surface area contributed by atoms with Crippen molar-refractivity contribution in [3.8, 4) is 0 Å². The third kappa shape index (κ3) is 4.37. The van der Waals surface area contributed by atoms with E-state index in [9.17, 15) is 4.79 Å². The van der Waals surface area contributed by atoms with Crippen molar-refractivity contribution in [1.82, 2.24) is 10.5 Å². The molecule has 82 valence electrons. The van der Waals surface area contributed by atoms with Crippen LogP contribution in [0.5, 0.6) is 0 Å². The quantitative estimate of drug-likeness (QED) is 0.647. The van der Waals surface area contributed by atoms with E-state index in [1.807, 2.05) is 0 Å². The number of aromatic nitrogens is 1. The molecule has 0 spiro atoms. The molecule has 0 atom stereocenters. The lowest BCUT2D eigenvalue weighted by Gasteiger charge is -2.04. The van der Waals surface area contributed by atoms with Crippen LogP contribution in [0.2, 0.25) is 0 Å². The first-order valence-corrected chi connectivity index (χ1v) is 5.06. The van der Waals surface area contributed by atoms with Crippen molar-refractivity contribution in [1.29, 1.82) is 0 Å². The van der Waals surface area contributed by atoms with Gasteiger partial charge >= 0.3 is 0 Å². The third-order valence-electron chi connectivity index (χ3n) is 1.51. The third-order valence-corrected chi connectivity index (χ3v) is 1.98.